The lowest BCUT2D eigenvalue weighted by Crippen LogP contribution is -2.42. The largest absolute Gasteiger partial charge is 0.315 e. The molecule has 0 bridgehead atoms. The van der Waals surface area contributed by atoms with E-state index < -0.39 is 0 Å². The van der Waals surface area contributed by atoms with Gasteiger partial charge in [-0.05, 0) is 40.2 Å². The maximum Gasteiger partial charge on any atom is 0.0112 e. The third-order valence-corrected chi connectivity index (χ3v) is 3.46. The van der Waals surface area contributed by atoms with Gasteiger partial charge in [0, 0.05) is 25.2 Å². The van der Waals surface area contributed by atoms with Crippen molar-refractivity contribution in [3.05, 3.63) is 0 Å². The molecule has 0 aromatic carbocycles. The number of nitrogens with zero attached hydrogens (tertiary/aromatic N) is 1. The van der Waals surface area contributed by atoms with Gasteiger partial charge in [-0.1, -0.05) is 26.7 Å². The van der Waals surface area contributed by atoms with Crippen LogP contribution in [-0.4, -0.2) is 36.6 Å². The maximum atomic E-state index is 3.59. The van der Waals surface area contributed by atoms with Gasteiger partial charge in [0.05, 0.1) is 0 Å². The molecule has 98 valence electrons. The van der Waals surface area contributed by atoms with Crippen molar-refractivity contribution in [1.29, 1.82) is 0 Å². The van der Waals surface area contributed by atoms with Crippen molar-refractivity contribution < 1.29 is 0 Å². The molecule has 2 nitrogen and oxygen atoms in total. The van der Waals surface area contributed by atoms with Crippen LogP contribution in [0.15, 0.2) is 0 Å². The number of hydrogen-bond acceptors (Lipinski definition) is 2. The third-order valence-electron chi connectivity index (χ3n) is 3.46. The van der Waals surface area contributed by atoms with Crippen LogP contribution < -0.4 is 5.32 Å². The van der Waals surface area contributed by atoms with E-state index in [1.165, 1.54) is 19.4 Å². The van der Waals surface area contributed by atoms with E-state index in [9.17, 15) is 0 Å². The molecule has 0 radical (unpaired) electrons. The first-order chi connectivity index (χ1) is 7.52. The summed E-state index contributed by atoms with van der Waals surface area (Å²) in [5.41, 5.74) is 0. The molecule has 0 amide bonds. The van der Waals surface area contributed by atoms with E-state index in [2.05, 4.69) is 51.8 Å². The van der Waals surface area contributed by atoms with Crippen LogP contribution in [0.2, 0.25) is 0 Å². The Balaban J connectivity index is 3.70. The number of hydrogen-bond donors (Lipinski definition) is 1. The zero-order chi connectivity index (χ0) is 12.6. The first-order valence-corrected chi connectivity index (χ1v) is 6.99. The molecule has 0 heterocycles. The van der Waals surface area contributed by atoms with Crippen LogP contribution in [0.4, 0.5) is 0 Å². The highest BCUT2D eigenvalue weighted by molar-refractivity contribution is 4.69. The van der Waals surface area contributed by atoms with Crippen LogP contribution in [0.25, 0.3) is 0 Å². The summed E-state index contributed by atoms with van der Waals surface area (Å²) in [5.74, 6) is 0.853. The fourth-order valence-electron chi connectivity index (χ4n) is 2.20. The van der Waals surface area contributed by atoms with Crippen LogP contribution in [-0.2, 0) is 0 Å². The Bertz CT molecular complexity index is 143. The van der Waals surface area contributed by atoms with Crippen molar-refractivity contribution in [3.8, 4) is 0 Å². The minimum absolute atomic E-state index is 0.648. The third kappa shape index (κ3) is 6.49. The Hall–Kier alpha value is -0.0800. The average Bonchev–Trinajstić information content (AvgIpc) is 2.22. The molecule has 16 heavy (non-hydrogen) atoms. The predicted molar refractivity (Wildman–Crippen MR) is 73.9 cm³/mol. The quantitative estimate of drug-likeness (QED) is 0.610. The topological polar surface area (TPSA) is 15.3 Å². The fraction of sp³-hybridized carbons (Fsp3) is 1.00. The van der Waals surface area contributed by atoms with Gasteiger partial charge in [0.1, 0.15) is 0 Å². The monoisotopic (exact) mass is 228 g/mol. The van der Waals surface area contributed by atoms with Crippen molar-refractivity contribution in [2.75, 3.05) is 19.6 Å². The van der Waals surface area contributed by atoms with Crippen molar-refractivity contribution in [2.45, 2.75) is 66.5 Å². The van der Waals surface area contributed by atoms with Gasteiger partial charge in [-0.15, -0.1) is 0 Å². The maximum absolute atomic E-state index is 3.59. The van der Waals surface area contributed by atoms with Crippen molar-refractivity contribution in [1.82, 2.24) is 10.2 Å². The second kappa shape index (κ2) is 9.00. The van der Waals surface area contributed by atoms with Crippen LogP contribution >= 0.6 is 0 Å². The second-order valence-corrected chi connectivity index (χ2v) is 5.31. The van der Waals surface area contributed by atoms with Crippen LogP contribution in [0.5, 0.6) is 0 Å². The molecule has 0 aliphatic carbocycles. The molecule has 2 heteroatoms. The molecule has 0 fully saturated rings. The Labute approximate surface area is 103 Å². The Morgan fingerprint density at radius 1 is 0.938 bits per heavy atom. The van der Waals surface area contributed by atoms with E-state index in [0.717, 1.165) is 19.0 Å². The minimum atomic E-state index is 0.648. The van der Waals surface area contributed by atoms with E-state index in [4.69, 9.17) is 0 Å². The zero-order valence-electron chi connectivity index (χ0n) is 12.2. The molecule has 0 spiro atoms. The summed E-state index contributed by atoms with van der Waals surface area (Å²) < 4.78 is 0. The molecule has 0 unspecified atom stereocenters. The highest BCUT2D eigenvalue weighted by Gasteiger charge is 2.12. The van der Waals surface area contributed by atoms with Gasteiger partial charge in [-0.3, -0.25) is 4.90 Å². The molecule has 0 saturated heterocycles. The molecule has 0 aliphatic rings. The lowest BCUT2D eigenvalue weighted by atomic mass is 10.0. The standard InChI is InChI=1S/C14H32N2/c1-7-14(8-2)11-15-9-10-16(12(3)4)13(5)6/h12-15H,7-11H2,1-6H3. The number of nitrogens with one attached hydrogen (secondary N) is 1. The SMILES string of the molecule is CCC(CC)CNCCN(C(C)C)C(C)C. The average molecular weight is 228 g/mol. The van der Waals surface area contributed by atoms with Crippen molar-refractivity contribution >= 4 is 0 Å². The van der Waals surface area contributed by atoms with Gasteiger partial charge >= 0.3 is 0 Å². The van der Waals surface area contributed by atoms with Gasteiger partial charge in [-0.2, -0.15) is 0 Å². The summed E-state index contributed by atoms with van der Waals surface area (Å²) in [4.78, 5) is 2.54. The van der Waals surface area contributed by atoms with Gasteiger partial charge in [0.25, 0.3) is 0 Å². The van der Waals surface area contributed by atoms with Crippen molar-refractivity contribution in [3.63, 3.8) is 0 Å². The Morgan fingerprint density at radius 2 is 1.44 bits per heavy atom. The van der Waals surface area contributed by atoms with E-state index in [1.54, 1.807) is 0 Å². The zero-order valence-corrected chi connectivity index (χ0v) is 12.2. The second-order valence-electron chi connectivity index (χ2n) is 5.31. The Morgan fingerprint density at radius 3 is 1.81 bits per heavy atom. The summed E-state index contributed by atoms with van der Waals surface area (Å²) in [7, 11) is 0. The minimum Gasteiger partial charge on any atom is -0.315 e. The summed E-state index contributed by atoms with van der Waals surface area (Å²) >= 11 is 0. The number of rotatable bonds is 9. The van der Waals surface area contributed by atoms with Gasteiger partial charge < -0.3 is 5.32 Å². The van der Waals surface area contributed by atoms with Gasteiger partial charge in [0.2, 0.25) is 0 Å². The summed E-state index contributed by atoms with van der Waals surface area (Å²) in [6, 6.07) is 1.30. The molecule has 0 aromatic rings. The molecule has 0 rings (SSSR count). The molecular formula is C14H32N2. The van der Waals surface area contributed by atoms with Crippen LogP contribution in [0, 0.1) is 5.92 Å². The van der Waals surface area contributed by atoms with Crippen LogP contribution in [0.3, 0.4) is 0 Å². The molecule has 0 saturated carbocycles. The van der Waals surface area contributed by atoms with Gasteiger partial charge in [-0.25, -0.2) is 0 Å². The van der Waals surface area contributed by atoms with Crippen molar-refractivity contribution in [2.24, 2.45) is 5.92 Å². The highest BCUT2D eigenvalue weighted by atomic mass is 15.2. The predicted octanol–water partition coefficient (Wildman–Crippen LogP) is 3.13. The van der Waals surface area contributed by atoms with E-state index in [1.807, 2.05) is 0 Å². The van der Waals surface area contributed by atoms with E-state index in [-0.39, 0.29) is 0 Å². The summed E-state index contributed by atoms with van der Waals surface area (Å²) in [6.07, 6.45) is 2.59. The Kier molecular flexibility index (Phi) is 8.96. The first-order valence-electron chi connectivity index (χ1n) is 6.99. The van der Waals surface area contributed by atoms with E-state index in [0.29, 0.717) is 12.1 Å². The van der Waals surface area contributed by atoms with E-state index >= 15 is 0 Å². The first kappa shape index (κ1) is 15.9. The lowest BCUT2D eigenvalue weighted by molar-refractivity contribution is 0.175. The summed E-state index contributed by atoms with van der Waals surface area (Å²) in [6.45, 7) is 17.1. The van der Waals surface area contributed by atoms with Crippen LogP contribution in [0.1, 0.15) is 54.4 Å². The summed E-state index contributed by atoms with van der Waals surface area (Å²) in [5, 5.41) is 3.59. The molecular weight excluding hydrogens is 196 g/mol. The highest BCUT2D eigenvalue weighted by Crippen LogP contribution is 2.06. The molecule has 0 aliphatic heterocycles. The fourth-order valence-corrected chi connectivity index (χ4v) is 2.20. The lowest BCUT2D eigenvalue weighted by Gasteiger charge is -2.30. The molecule has 1 N–H and O–H groups in total. The normalized spacial score (nSPS) is 12.4. The molecule has 0 atom stereocenters. The van der Waals surface area contributed by atoms with Gasteiger partial charge in [0.15, 0.2) is 0 Å². The smallest absolute Gasteiger partial charge is 0.0112 e. The molecule has 0 aromatic heterocycles.